The van der Waals surface area contributed by atoms with Crippen LogP contribution in [-0.4, -0.2) is 33.9 Å². The zero-order valence-corrected chi connectivity index (χ0v) is 13.5. The van der Waals surface area contributed by atoms with E-state index in [2.05, 4.69) is 10.4 Å². The average Bonchev–Trinajstić information content (AvgIpc) is 2.89. The SMILES string of the molecule is Cn1[nH]c(=O)c2c1CN(C(=O)NC1CCOc3ccccc31)CC2. The number of hydrogen-bond donors (Lipinski definition) is 2. The third-order valence-electron chi connectivity index (χ3n) is 4.81. The van der Waals surface area contributed by atoms with Crippen LogP contribution in [0.4, 0.5) is 4.79 Å². The van der Waals surface area contributed by atoms with Crippen molar-refractivity contribution >= 4 is 6.03 Å². The average molecular weight is 328 g/mol. The summed E-state index contributed by atoms with van der Waals surface area (Å²) >= 11 is 0. The predicted molar refractivity (Wildman–Crippen MR) is 88.0 cm³/mol. The van der Waals surface area contributed by atoms with E-state index in [1.165, 1.54) is 0 Å². The van der Waals surface area contributed by atoms with E-state index in [-0.39, 0.29) is 17.6 Å². The van der Waals surface area contributed by atoms with Gasteiger partial charge in [0, 0.05) is 31.1 Å². The van der Waals surface area contributed by atoms with E-state index in [1.54, 1.807) is 16.6 Å². The topological polar surface area (TPSA) is 79.4 Å². The van der Waals surface area contributed by atoms with Gasteiger partial charge < -0.3 is 15.0 Å². The molecule has 126 valence electrons. The first-order valence-electron chi connectivity index (χ1n) is 8.17. The standard InChI is InChI=1S/C17H20N4O3/c1-20-14-10-21(8-6-12(14)16(22)19-20)17(23)18-13-7-9-24-15-5-3-2-4-11(13)15/h2-5,13H,6-10H2,1H3,(H,18,23)(H,19,22). The molecule has 4 rings (SSSR count). The lowest BCUT2D eigenvalue weighted by Gasteiger charge is -2.31. The largest absolute Gasteiger partial charge is 0.493 e. The Morgan fingerprint density at radius 3 is 3.08 bits per heavy atom. The number of hydrogen-bond acceptors (Lipinski definition) is 3. The van der Waals surface area contributed by atoms with Crippen LogP contribution in [0.2, 0.25) is 0 Å². The first kappa shape index (κ1) is 14.9. The van der Waals surface area contributed by atoms with Crippen molar-refractivity contribution in [2.75, 3.05) is 13.2 Å². The van der Waals surface area contributed by atoms with E-state index in [0.717, 1.165) is 29.0 Å². The molecule has 0 aliphatic carbocycles. The van der Waals surface area contributed by atoms with E-state index in [4.69, 9.17) is 4.74 Å². The van der Waals surface area contributed by atoms with Gasteiger partial charge in [-0.3, -0.25) is 14.6 Å². The number of amides is 2. The number of nitrogens with zero attached hydrogens (tertiary/aromatic N) is 2. The molecule has 2 N–H and O–H groups in total. The summed E-state index contributed by atoms with van der Waals surface area (Å²) in [6, 6.07) is 7.66. The highest BCUT2D eigenvalue weighted by Gasteiger charge is 2.28. The van der Waals surface area contributed by atoms with Gasteiger partial charge in [0.25, 0.3) is 5.56 Å². The maximum Gasteiger partial charge on any atom is 0.318 e. The van der Waals surface area contributed by atoms with Gasteiger partial charge in [0.1, 0.15) is 5.75 Å². The van der Waals surface area contributed by atoms with Crippen LogP contribution >= 0.6 is 0 Å². The van der Waals surface area contributed by atoms with E-state index in [0.29, 0.717) is 26.1 Å². The van der Waals surface area contributed by atoms with Gasteiger partial charge in [-0.25, -0.2) is 4.79 Å². The Kier molecular flexibility index (Phi) is 3.55. The monoisotopic (exact) mass is 328 g/mol. The Bertz CT molecular complexity index is 839. The maximum absolute atomic E-state index is 12.7. The van der Waals surface area contributed by atoms with Crippen LogP contribution in [-0.2, 0) is 20.0 Å². The number of fused-ring (bicyclic) bond motifs is 2. The van der Waals surface area contributed by atoms with Crippen molar-refractivity contribution in [3.8, 4) is 5.75 Å². The Morgan fingerprint density at radius 2 is 2.21 bits per heavy atom. The molecule has 0 bridgehead atoms. The molecule has 1 atom stereocenters. The van der Waals surface area contributed by atoms with E-state index in [1.807, 2.05) is 24.3 Å². The second-order valence-electron chi connectivity index (χ2n) is 6.27. The minimum absolute atomic E-state index is 0.0427. The first-order chi connectivity index (χ1) is 11.6. The molecule has 7 nitrogen and oxygen atoms in total. The number of urea groups is 1. The van der Waals surface area contributed by atoms with Gasteiger partial charge in [-0.15, -0.1) is 0 Å². The molecule has 7 heteroatoms. The van der Waals surface area contributed by atoms with Gasteiger partial charge in [0.2, 0.25) is 0 Å². The van der Waals surface area contributed by atoms with Crippen molar-refractivity contribution < 1.29 is 9.53 Å². The molecular weight excluding hydrogens is 308 g/mol. The molecule has 1 aromatic carbocycles. The second-order valence-corrected chi connectivity index (χ2v) is 6.27. The Hall–Kier alpha value is -2.70. The minimum atomic E-state index is -0.101. The van der Waals surface area contributed by atoms with E-state index >= 15 is 0 Å². The smallest absolute Gasteiger partial charge is 0.318 e. The summed E-state index contributed by atoms with van der Waals surface area (Å²) in [6.45, 7) is 1.59. The number of ether oxygens (including phenoxy) is 1. The Balaban J connectivity index is 1.50. The fraction of sp³-hybridized carbons (Fsp3) is 0.412. The summed E-state index contributed by atoms with van der Waals surface area (Å²) in [4.78, 5) is 26.2. The summed E-state index contributed by atoms with van der Waals surface area (Å²) in [5.74, 6) is 0.836. The zero-order chi connectivity index (χ0) is 16.7. The number of para-hydroxylation sites is 1. The molecule has 24 heavy (non-hydrogen) atoms. The fourth-order valence-electron chi connectivity index (χ4n) is 3.49. The van der Waals surface area contributed by atoms with Crippen molar-refractivity contribution in [3.05, 3.63) is 51.4 Å². The number of benzene rings is 1. The highest BCUT2D eigenvalue weighted by atomic mass is 16.5. The van der Waals surface area contributed by atoms with Crippen LogP contribution in [0, 0.1) is 0 Å². The number of aryl methyl sites for hydroxylation is 1. The van der Waals surface area contributed by atoms with Crippen molar-refractivity contribution in [1.29, 1.82) is 0 Å². The van der Waals surface area contributed by atoms with Gasteiger partial charge >= 0.3 is 6.03 Å². The molecule has 0 spiro atoms. The van der Waals surface area contributed by atoms with Gasteiger partial charge in [0.15, 0.2) is 0 Å². The fourth-order valence-corrected chi connectivity index (χ4v) is 3.49. The highest BCUT2D eigenvalue weighted by Crippen LogP contribution is 2.31. The molecule has 2 aliphatic rings. The van der Waals surface area contributed by atoms with Crippen molar-refractivity contribution in [2.24, 2.45) is 7.05 Å². The predicted octanol–water partition coefficient (Wildman–Crippen LogP) is 1.30. The molecule has 2 aromatic rings. The summed E-state index contributed by atoms with van der Waals surface area (Å²) < 4.78 is 7.35. The summed E-state index contributed by atoms with van der Waals surface area (Å²) in [5.41, 5.74) is 2.64. The normalized spacial score (nSPS) is 19.2. The minimum Gasteiger partial charge on any atom is -0.493 e. The van der Waals surface area contributed by atoms with Crippen LogP contribution in [0.3, 0.4) is 0 Å². The molecule has 0 saturated heterocycles. The lowest BCUT2D eigenvalue weighted by Crippen LogP contribution is -2.45. The molecule has 3 heterocycles. The number of nitrogens with one attached hydrogen (secondary N) is 2. The van der Waals surface area contributed by atoms with Gasteiger partial charge in [-0.1, -0.05) is 18.2 Å². The van der Waals surface area contributed by atoms with E-state index in [9.17, 15) is 9.59 Å². The van der Waals surface area contributed by atoms with Gasteiger partial charge in [-0.2, -0.15) is 0 Å². The number of H-pyrrole nitrogens is 1. The van der Waals surface area contributed by atoms with Crippen LogP contribution in [0.15, 0.2) is 29.1 Å². The van der Waals surface area contributed by atoms with Gasteiger partial charge in [0.05, 0.1) is 24.9 Å². The number of aromatic nitrogens is 2. The quantitative estimate of drug-likeness (QED) is 0.828. The molecule has 2 aliphatic heterocycles. The number of carbonyl (C=O) groups excluding carboxylic acids is 1. The van der Waals surface area contributed by atoms with E-state index < -0.39 is 0 Å². The lowest BCUT2D eigenvalue weighted by molar-refractivity contribution is 0.180. The van der Waals surface area contributed by atoms with Crippen LogP contribution in [0.1, 0.15) is 29.3 Å². The van der Waals surface area contributed by atoms with Crippen LogP contribution in [0.5, 0.6) is 5.75 Å². The van der Waals surface area contributed by atoms with Crippen molar-refractivity contribution in [2.45, 2.75) is 25.4 Å². The third-order valence-corrected chi connectivity index (χ3v) is 4.81. The summed E-state index contributed by atoms with van der Waals surface area (Å²) in [6.07, 6.45) is 1.34. The molecule has 1 aromatic heterocycles. The molecule has 0 radical (unpaired) electrons. The summed E-state index contributed by atoms with van der Waals surface area (Å²) in [7, 11) is 1.80. The lowest BCUT2D eigenvalue weighted by atomic mass is 10.0. The van der Waals surface area contributed by atoms with Crippen LogP contribution < -0.4 is 15.6 Å². The molecule has 2 amide bonds. The molecular formula is C17H20N4O3. The van der Waals surface area contributed by atoms with Crippen molar-refractivity contribution in [3.63, 3.8) is 0 Å². The molecule has 0 saturated carbocycles. The molecule has 0 fully saturated rings. The number of aromatic amines is 1. The van der Waals surface area contributed by atoms with Crippen molar-refractivity contribution in [1.82, 2.24) is 20.0 Å². The molecule has 1 unspecified atom stereocenters. The van der Waals surface area contributed by atoms with Gasteiger partial charge in [-0.05, 0) is 12.5 Å². The Labute approximate surface area is 139 Å². The first-order valence-corrected chi connectivity index (χ1v) is 8.17. The maximum atomic E-state index is 12.7. The second kappa shape index (κ2) is 5.74. The third kappa shape index (κ3) is 2.46. The highest BCUT2D eigenvalue weighted by molar-refractivity contribution is 5.75. The Morgan fingerprint density at radius 1 is 1.38 bits per heavy atom. The zero-order valence-electron chi connectivity index (χ0n) is 13.5. The number of carbonyl (C=O) groups is 1. The van der Waals surface area contributed by atoms with Crippen LogP contribution in [0.25, 0.3) is 0 Å². The number of rotatable bonds is 1. The summed E-state index contributed by atoms with van der Waals surface area (Å²) in [5, 5.41) is 5.87.